The molecule has 3 nitrogen and oxygen atoms in total. The Morgan fingerprint density at radius 2 is 2.18 bits per heavy atom. The van der Waals surface area contributed by atoms with Crippen molar-refractivity contribution in [1.82, 2.24) is 10.2 Å². The molecule has 1 N–H and O–H groups in total. The number of fused-ring (bicyclic) bond motifs is 1. The molecule has 17 heavy (non-hydrogen) atoms. The molecule has 2 saturated heterocycles. The van der Waals surface area contributed by atoms with Gasteiger partial charge in [0, 0.05) is 19.1 Å². The second-order valence-electron chi connectivity index (χ2n) is 4.80. The highest BCUT2D eigenvalue weighted by molar-refractivity contribution is 5.94. The Labute approximate surface area is 99.6 Å². The fraction of sp³-hybridized carbons (Fsp3) is 0.462. The van der Waals surface area contributed by atoms with Crippen LogP contribution >= 0.6 is 0 Å². The maximum Gasteiger partial charge on any atom is 0.256 e. The van der Waals surface area contributed by atoms with Crippen LogP contribution in [0.3, 0.4) is 0 Å². The standard InChI is InChI=1S/C13H15FN2O/c14-11-4-2-1-3-10(11)13(17)16-7-9-5-6-15-12(9)8-16/h1-4,9,12,15H,5-8H2/t9-,12+/m0/s1. The summed E-state index contributed by atoms with van der Waals surface area (Å²) in [5, 5.41) is 3.38. The molecule has 2 atom stereocenters. The van der Waals surface area contributed by atoms with Gasteiger partial charge in [0.1, 0.15) is 5.82 Å². The van der Waals surface area contributed by atoms with Gasteiger partial charge in [0.15, 0.2) is 0 Å². The molecule has 0 bridgehead atoms. The van der Waals surface area contributed by atoms with Gasteiger partial charge in [-0.1, -0.05) is 12.1 Å². The maximum absolute atomic E-state index is 13.5. The largest absolute Gasteiger partial charge is 0.337 e. The number of hydrogen-bond acceptors (Lipinski definition) is 2. The van der Waals surface area contributed by atoms with Gasteiger partial charge in [-0.25, -0.2) is 4.39 Å². The highest BCUT2D eigenvalue weighted by Crippen LogP contribution is 2.26. The van der Waals surface area contributed by atoms with Crippen molar-refractivity contribution in [3.05, 3.63) is 35.6 Å². The highest BCUT2D eigenvalue weighted by atomic mass is 19.1. The number of carbonyl (C=O) groups excluding carboxylic acids is 1. The molecule has 2 aliphatic rings. The van der Waals surface area contributed by atoms with Crippen LogP contribution < -0.4 is 5.32 Å². The predicted octanol–water partition coefficient (Wildman–Crippen LogP) is 1.26. The van der Waals surface area contributed by atoms with Crippen LogP contribution in [0.15, 0.2) is 24.3 Å². The lowest BCUT2D eigenvalue weighted by Crippen LogP contribution is -2.34. The molecule has 90 valence electrons. The van der Waals surface area contributed by atoms with Crippen LogP contribution in [0.2, 0.25) is 0 Å². The molecule has 0 aromatic heterocycles. The summed E-state index contributed by atoms with van der Waals surface area (Å²) in [7, 11) is 0. The Morgan fingerprint density at radius 3 is 2.94 bits per heavy atom. The Bertz CT molecular complexity index is 437. The average Bonchev–Trinajstić information content (AvgIpc) is 2.88. The van der Waals surface area contributed by atoms with E-state index in [9.17, 15) is 9.18 Å². The summed E-state index contributed by atoms with van der Waals surface area (Å²) in [6.45, 7) is 2.50. The summed E-state index contributed by atoms with van der Waals surface area (Å²) in [5.74, 6) is -0.0625. The van der Waals surface area contributed by atoms with E-state index in [-0.39, 0.29) is 11.5 Å². The van der Waals surface area contributed by atoms with E-state index in [1.807, 2.05) is 0 Å². The van der Waals surface area contributed by atoms with Crippen molar-refractivity contribution in [3.63, 3.8) is 0 Å². The number of amides is 1. The molecule has 1 aromatic carbocycles. The van der Waals surface area contributed by atoms with Gasteiger partial charge in [0.2, 0.25) is 0 Å². The van der Waals surface area contributed by atoms with Crippen LogP contribution in [0.1, 0.15) is 16.8 Å². The van der Waals surface area contributed by atoms with E-state index < -0.39 is 5.82 Å². The number of halogens is 1. The van der Waals surface area contributed by atoms with Gasteiger partial charge in [-0.3, -0.25) is 4.79 Å². The summed E-state index contributed by atoms with van der Waals surface area (Å²) < 4.78 is 13.5. The smallest absolute Gasteiger partial charge is 0.256 e. The molecule has 0 aliphatic carbocycles. The van der Waals surface area contributed by atoms with Crippen molar-refractivity contribution in [2.45, 2.75) is 12.5 Å². The first-order chi connectivity index (χ1) is 8.25. The van der Waals surface area contributed by atoms with Crippen molar-refractivity contribution >= 4 is 5.91 Å². The maximum atomic E-state index is 13.5. The van der Waals surface area contributed by atoms with Gasteiger partial charge in [0.05, 0.1) is 5.56 Å². The molecule has 1 aromatic rings. The van der Waals surface area contributed by atoms with Crippen molar-refractivity contribution in [3.8, 4) is 0 Å². The number of hydrogen-bond donors (Lipinski definition) is 1. The Kier molecular flexibility index (Phi) is 2.59. The molecule has 2 heterocycles. The first kappa shape index (κ1) is 10.7. The lowest BCUT2D eigenvalue weighted by atomic mass is 10.1. The molecule has 0 saturated carbocycles. The molecule has 3 rings (SSSR count). The lowest BCUT2D eigenvalue weighted by Gasteiger charge is -2.17. The van der Waals surface area contributed by atoms with E-state index in [0.29, 0.717) is 18.5 Å². The fourth-order valence-corrected chi connectivity index (χ4v) is 2.82. The van der Waals surface area contributed by atoms with E-state index in [1.165, 1.54) is 6.07 Å². The van der Waals surface area contributed by atoms with Gasteiger partial charge < -0.3 is 10.2 Å². The monoisotopic (exact) mass is 234 g/mol. The van der Waals surface area contributed by atoms with Crippen LogP contribution in [0, 0.1) is 11.7 Å². The summed E-state index contributed by atoms with van der Waals surface area (Å²) in [5.41, 5.74) is 0.187. The number of carbonyl (C=O) groups is 1. The molecule has 2 fully saturated rings. The SMILES string of the molecule is O=C(c1ccccc1F)N1C[C@@H]2CCN[C@@H]2C1. The Balaban J connectivity index is 1.78. The van der Waals surface area contributed by atoms with E-state index in [4.69, 9.17) is 0 Å². The van der Waals surface area contributed by atoms with Crippen LogP contribution in [0.25, 0.3) is 0 Å². The van der Waals surface area contributed by atoms with Crippen LogP contribution in [-0.4, -0.2) is 36.5 Å². The van der Waals surface area contributed by atoms with Crippen LogP contribution in [0.4, 0.5) is 4.39 Å². The Hall–Kier alpha value is -1.42. The summed E-state index contributed by atoms with van der Waals surface area (Å²) >= 11 is 0. The van der Waals surface area contributed by atoms with Gasteiger partial charge in [-0.2, -0.15) is 0 Å². The lowest BCUT2D eigenvalue weighted by molar-refractivity contribution is 0.0778. The van der Waals surface area contributed by atoms with Crippen molar-refractivity contribution in [1.29, 1.82) is 0 Å². The molecular formula is C13H15FN2O. The van der Waals surface area contributed by atoms with Gasteiger partial charge >= 0.3 is 0 Å². The number of likely N-dealkylation sites (tertiary alicyclic amines) is 1. The summed E-state index contributed by atoms with van der Waals surface area (Å²) in [6, 6.07) is 6.60. The Morgan fingerprint density at radius 1 is 1.35 bits per heavy atom. The van der Waals surface area contributed by atoms with Gasteiger partial charge in [0.25, 0.3) is 5.91 Å². The van der Waals surface area contributed by atoms with Gasteiger partial charge in [-0.05, 0) is 31.0 Å². The molecular weight excluding hydrogens is 219 g/mol. The zero-order chi connectivity index (χ0) is 11.8. The van der Waals surface area contributed by atoms with Crippen molar-refractivity contribution in [2.24, 2.45) is 5.92 Å². The number of rotatable bonds is 1. The number of benzene rings is 1. The van der Waals surface area contributed by atoms with Gasteiger partial charge in [-0.15, -0.1) is 0 Å². The van der Waals surface area contributed by atoms with Crippen LogP contribution in [-0.2, 0) is 0 Å². The first-order valence-electron chi connectivity index (χ1n) is 6.03. The average molecular weight is 234 g/mol. The normalized spacial score (nSPS) is 27.2. The van der Waals surface area contributed by atoms with E-state index in [2.05, 4.69) is 5.32 Å². The van der Waals surface area contributed by atoms with E-state index >= 15 is 0 Å². The first-order valence-corrected chi connectivity index (χ1v) is 6.03. The molecule has 2 aliphatic heterocycles. The minimum absolute atomic E-state index is 0.181. The molecule has 0 spiro atoms. The summed E-state index contributed by atoms with van der Waals surface area (Å²) in [6.07, 6.45) is 1.12. The third kappa shape index (κ3) is 1.82. The zero-order valence-electron chi connectivity index (χ0n) is 9.53. The number of nitrogens with zero attached hydrogens (tertiary/aromatic N) is 1. The summed E-state index contributed by atoms with van der Waals surface area (Å²) in [4.78, 5) is 13.9. The second-order valence-corrected chi connectivity index (χ2v) is 4.80. The molecule has 0 unspecified atom stereocenters. The minimum Gasteiger partial charge on any atom is -0.337 e. The molecule has 1 amide bonds. The fourth-order valence-electron chi connectivity index (χ4n) is 2.82. The van der Waals surface area contributed by atoms with Crippen molar-refractivity contribution < 1.29 is 9.18 Å². The van der Waals surface area contributed by atoms with E-state index in [0.717, 1.165) is 19.5 Å². The minimum atomic E-state index is -0.428. The second kappa shape index (κ2) is 4.11. The number of nitrogens with one attached hydrogen (secondary N) is 1. The third-order valence-corrected chi connectivity index (χ3v) is 3.75. The molecule has 4 heteroatoms. The highest BCUT2D eigenvalue weighted by Gasteiger charge is 2.38. The topological polar surface area (TPSA) is 32.3 Å². The third-order valence-electron chi connectivity index (χ3n) is 3.75. The van der Waals surface area contributed by atoms with Crippen LogP contribution in [0.5, 0.6) is 0 Å². The zero-order valence-corrected chi connectivity index (χ0v) is 9.53. The van der Waals surface area contributed by atoms with E-state index in [1.54, 1.807) is 23.1 Å². The van der Waals surface area contributed by atoms with Crippen molar-refractivity contribution in [2.75, 3.05) is 19.6 Å². The predicted molar refractivity (Wildman–Crippen MR) is 62.2 cm³/mol. The quantitative estimate of drug-likeness (QED) is 0.793. The molecule has 0 radical (unpaired) electrons.